The minimum absolute atomic E-state index is 0.193. The van der Waals surface area contributed by atoms with Gasteiger partial charge in [-0.25, -0.2) is 0 Å². The number of nitriles is 1. The van der Waals surface area contributed by atoms with Crippen LogP contribution in [0.15, 0.2) is 60.7 Å². The van der Waals surface area contributed by atoms with Crippen molar-refractivity contribution in [3.05, 3.63) is 66.2 Å². The minimum Gasteiger partial charge on any atom is -0.494 e. The maximum atomic E-state index is 11.4. The van der Waals surface area contributed by atoms with Crippen LogP contribution in [0.3, 0.4) is 0 Å². The van der Waals surface area contributed by atoms with Crippen LogP contribution in [0.5, 0.6) is 5.75 Å². The fourth-order valence-corrected chi connectivity index (χ4v) is 3.40. The van der Waals surface area contributed by atoms with Crippen LogP contribution < -0.4 is 4.74 Å². The maximum absolute atomic E-state index is 11.4. The summed E-state index contributed by atoms with van der Waals surface area (Å²) < 4.78 is 5.82. The minimum atomic E-state index is -0.193. The number of amides is 2. The van der Waals surface area contributed by atoms with Gasteiger partial charge in [-0.3, -0.25) is 14.5 Å². The fourth-order valence-electron chi connectivity index (χ4n) is 3.40. The van der Waals surface area contributed by atoms with E-state index in [2.05, 4.69) is 6.07 Å². The molecule has 5 nitrogen and oxygen atoms in total. The Labute approximate surface area is 177 Å². The van der Waals surface area contributed by atoms with E-state index in [9.17, 15) is 9.59 Å². The van der Waals surface area contributed by atoms with Crippen molar-refractivity contribution in [1.29, 1.82) is 5.26 Å². The summed E-state index contributed by atoms with van der Waals surface area (Å²) in [5.74, 6) is 0.477. The first kappa shape index (κ1) is 21.3. The lowest BCUT2D eigenvalue weighted by atomic mass is 10.0. The summed E-state index contributed by atoms with van der Waals surface area (Å²) in [6, 6.07) is 17.7. The molecule has 30 heavy (non-hydrogen) atoms. The Morgan fingerprint density at radius 1 is 0.733 bits per heavy atom. The van der Waals surface area contributed by atoms with Crippen molar-refractivity contribution < 1.29 is 14.3 Å². The highest BCUT2D eigenvalue weighted by molar-refractivity contribution is 6.12. The number of hydrogen-bond donors (Lipinski definition) is 0. The SMILES string of the molecule is N#Cc1ccc(-c2ccc(OCCCCCCCCN3C(=O)C=CC3=O)cc2)cc1. The molecule has 0 atom stereocenters. The smallest absolute Gasteiger partial charge is 0.253 e. The fraction of sp³-hybridized carbons (Fsp3) is 0.320. The van der Waals surface area contributed by atoms with Crippen LogP contribution in [0.1, 0.15) is 44.1 Å². The molecule has 0 N–H and O–H groups in total. The van der Waals surface area contributed by atoms with Crippen molar-refractivity contribution in [2.45, 2.75) is 38.5 Å². The van der Waals surface area contributed by atoms with Gasteiger partial charge in [0.1, 0.15) is 5.75 Å². The van der Waals surface area contributed by atoms with E-state index in [-0.39, 0.29) is 11.8 Å². The van der Waals surface area contributed by atoms with Gasteiger partial charge in [0, 0.05) is 18.7 Å². The van der Waals surface area contributed by atoms with Crippen LogP contribution >= 0.6 is 0 Å². The van der Waals surface area contributed by atoms with Crippen molar-refractivity contribution in [3.8, 4) is 22.9 Å². The highest BCUT2D eigenvalue weighted by Gasteiger charge is 2.21. The van der Waals surface area contributed by atoms with Crippen molar-refractivity contribution in [2.75, 3.05) is 13.2 Å². The average Bonchev–Trinajstić information content (AvgIpc) is 3.10. The lowest BCUT2D eigenvalue weighted by molar-refractivity contribution is -0.136. The number of carbonyl (C=O) groups excluding carboxylic acids is 2. The first-order valence-electron chi connectivity index (χ1n) is 10.4. The number of unbranched alkanes of at least 4 members (excludes halogenated alkanes) is 5. The highest BCUT2D eigenvalue weighted by atomic mass is 16.5. The lowest BCUT2D eigenvalue weighted by Gasteiger charge is -2.13. The predicted octanol–water partition coefficient (Wildman–Crippen LogP) is 4.87. The number of benzene rings is 2. The summed E-state index contributed by atoms with van der Waals surface area (Å²) in [4.78, 5) is 24.2. The van der Waals surface area contributed by atoms with Gasteiger partial charge in [-0.05, 0) is 48.2 Å². The van der Waals surface area contributed by atoms with Crippen LogP contribution in [-0.2, 0) is 9.59 Å². The second-order valence-electron chi connectivity index (χ2n) is 7.34. The summed E-state index contributed by atoms with van der Waals surface area (Å²) >= 11 is 0. The van der Waals surface area contributed by atoms with Crippen LogP contribution in [0.2, 0.25) is 0 Å². The molecule has 154 valence electrons. The Morgan fingerprint density at radius 3 is 1.87 bits per heavy atom. The Balaban J connectivity index is 1.25. The molecule has 5 heteroatoms. The van der Waals surface area contributed by atoms with Gasteiger partial charge in [0.15, 0.2) is 0 Å². The van der Waals surface area contributed by atoms with Gasteiger partial charge >= 0.3 is 0 Å². The van der Waals surface area contributed by atoms with Crippen molar-refractivity contribution in [1.82, 2.24) is 4.90 Å². The van der Waals surface area contributed by atoms with Crippen molar-refractivity contribution >= 4 is 11.8 Å². The summed E-state index contributed by atoms with van der Waals surface area (Å²) in [5.41, 5.74) is 2.84. The molecule has 0 saturated carbocycles. The molecular weight excluding hydrogens is 376 g/mol. The molecule has 1 aliphatic heterocycles. The molecule has 0 aliphatic carbocycles. The van der Waals surface area contributed by atoms with Gasteiger partial charge in [0.2, 0.25) is 0 Å². The Kier molecular flexibility index (Phi) is 7.79. The standard InChI is InChI=1S/C25H26N2O3/c26-19-20-7-9-21(10-8-20)22-11-13-23(14-12-22)30-18-6-4-2-1-3-5-17-27-24(28)15-16-25(27)29/h7-16H,1-6,17-18H2. The van der Waals surface area contributed by atoms with Crippen molar-refractivity contribution in [2.24, 2.45) is 0 Å². The average molecular weight is 402 g/mol. The number of nitrogens with zero attached hydrogens (tertiary/aromatic N) is 2. The van der Waals surface area contributed by atoms with Crippen LogP contribution in [0.25, 0.3) is 11.1 Å². The van der Waals surface area contributed by atoms with Gasteiger partial charge in [-0.15, -0.1) is 0 Å². The monoisotopic (exact) mass is 402 g/mol. The Morgan fingerprint density at radius 2 is 1.27 bits per heavy atom. The third kappa shape index (κ3) is 6.05. The summed E-state index contributed by atoms with van der Waals surface area (Å²) in [7, 11) is 0. The molecular formula is C25H26N2O3. The predicted molar refractivity (Wildman–Crippen MR) is 116 cm³/mol. The molecule has 0 spiro atoms. The van der Waals surface area contributed by atoms with Crippen molar-refractivity contribution in [3.63, 3.8) is 0 Å². The van der Waals surface area contributed by atoms with Crippen LogP contribution in [0.4, 0.5) is 0 Å². The third-order valence-electron chi connectivity index (χ3n) is 5.15. The molecule has 0 bridgehead atoms. The zero-order valence-electron chi connectivity index (χ0n) is 17.0. The quantitative estimate of drug-likeness (QED) is 0.397. The summed E-state index contributed by atoms with van der Waals surface area (Å²) in [5, 5.41) is 8.88. The van der Waals surface area contributed by atoms with Gasteiger partial charge in [0.05, 0.1) is 18.2 Å². The molecule has 2 aromatic rings. The molecule has 0 saturated heterocycles. The van der Waals surface area contributed by atoms with Crippen LogP contribution in [0, 0.1) is 11.3 Å². The molecule has 0 radical (unpaired) electrons. The van der Waals surface area contributed by atoms with E-state index in [0.29, 0.717) is 18.7 Å². The third-order valence-corrected chi connectivity index (χ3v) is 5.15. The molecule has 3 rings (SSSR count). The lowest BCUT2D eigenvalue weighted by Crippen LogP contribution is -2.30. The summed E-state index contributed by atoms with van der Waals surface area (Å²) in [6.07, 6.45) is 8.89. The van der Waals surface area contributed by atoms with E-state index in [4.69, 9.17) is 10.00 Å². The van der Waals surface area contributed by atoms with E-state index in [1.165, 1.54) is 17.1 Å². The largest absolute Gasteiger partial charge is 0.494 e. The molecule has 2 amide bonds. The maximum Gasteiger partial charge on any atom is 0.253 e. The Bertz CT molecular complexity index is 906. The van der Waals surface area contributed by atoms with E-state index in [1.807, 2.05) is 48.5 Å². The zero-order valence-corrected chi connectivity index (χ0v) is 17.0. The van der Waals surface area contributed by atoms with Gasteiger partial charge in [-0.1, -0.05) is 49.9 Å². The van der Waals surface area contributed by atoms with Crippen LogP contribution in [-0.4, -0.2) is 29.9 Å². The second kappa shape index (κ2) is 11.0. The molecule has 1 aliphatic rings. The number of hydrogen-bond acceptors (Lipinski definition) is 4. The normalized spacial score (nSPS) is 13.0. The summed E-state index contributed by atoms with van der Waals surface area (Å²) in [6.45, 7) is 1.21. The molecule has 1 heterocycles. The first-order valence-corrected chi connectivity index (χ1v) is 10.4. The first-order chi connectivity index (χ1) is 14.7. The van der Waals surface area contributed by atoms with Gasteiger partial charge < -0.3 is 4.74 Å². The van der Waals surface area contributed by atoms with Gasteiger partial charge in [0.25, 0.3) is 11.8 Å². The highest BCUT2D eigenvalue weighted by Crippen LogP contribution is 2.23. The Hall–Kier alpha value is -3.39. The number of carbonyl (C=O) groups is 2. The second-order valence-corrected chi connectivity index (χ2v) is 7.34. The number of ether oxygens (including phenoxy) is 1. The van der Waals surface area contributed by atoms with E-state index in [1.54, 1.807) is 0 Å². The van der Waals surface area contributed by atoms with E-state index in [0.717, 1.165) is 55.4 Å². The number of imide groups is 1. The molecule has 0 fully saturated rings. The molecule has 2 aromatic carbocycles. The zero-order chi connectivity index (χ0) is 21.2. The number of rotatable bonds is 11. The topological polar surface area (TPSA) is 70.4 Å². The van der Waals surface area contributed by atoms with E-state index < -0.39 is 0 Å². The van der Waals surface area contributed by atoms with E-state index >= 15 is 0 Å². The van der Waals surface area contributed by atoms with Gasteiger partial charge in [-0.2, -0.15) is 5.26 Å². The molecule has 0 unspecified atom stereocenters. The molecule has 0 aromatic heterocycles.